The Morgan fingerprint density at radius 3 is 2.11 bits per heavy atom. The fourth-order valence-electron chi connectivity index (χ4n) is 8.32. The Morgan fingerprint density at radius 2 is 1.43 bits per heavy atom. The first-order valence-corrected chi connectivity index (χ1v) is 24.0. The Bertz CT molecular complexity index is 2430. The normalized spacial score (nSPS) is 21.7. The van der Waals surface area contributed by atoms with Crippen LogP contribution in [0.25, 0.3) is 10.9 Å². The fraction of sp³-hybridized carbons (Fsp3) is 0.490. The number of carboxylic acid groups (broad SMARTS) is 1. The highest BCUT2D eigenvalue weighted by molar-refractivity contribution is 5.99. The van der Waals surface area contributed by atoms with Gasteiger partial charge in [0.1, 0.15) is 30.0 Å². The summed E-state index contributed by atoms with van der Waals surface area (Å²) in [6, 6.07) is 9.42. The van der Waals surface area contributed by atoms with Gasteiger partial charge in [-0.15, -0.1) is 0 Å². The SMILES string of the molecule is CC(=O)N[C@@H](CCCN=C(N)N)C(=O)N[C@H]1CC(=O)NCCCC[C@@H](C(=O)O)NC(=O)[C@H](Cc2c[nH]c3ccccc23)CC(=O)[C@H](CCCN=C(N)N)CC(=O)[C@@H](Cc2ccccc2)NC(=O)[C@H](C)NC1=O. The maximum atomic E-state index is 14.6. The van der Waals surface area contributed by atoms with Crippen LogP contribution in [0, 0.1) is 11.8 Å². The quantitative estimate of drug-likeness (QED) is 0.0487. The van der Waals surface area contributed by atoms with E-state index in [2.05, 4.69) is 46.9 Å². The molecule has 1 aliphatic heterocycles. The molecule has 0 bridgehead atoms. The minimum absolute atomic E-state index is 0.0125. The number of aromatic nitrogens is 1. The van der Waals surface area contributed by atoms with E-state index in [0.717, 1.165) is 10.9 Å². The van der Waals surface area contributed by atoms with E-state index in [1.165, 1.54) is 13.8 Å². The molecule has 0 saturated carbocycles. The number of aromatic amines is 1. The molecule has 1 saturated heterocycles. The van der Waals surface area contributed by atoms with E-state index >= 15 is 0 Å². The molecule has 3 aromatic rings. The number of hydrogen-bond acceptors (Lipinski definition) is 11. The molecule has 72 heavy (non-hydrogen) atoms. The molecule has 4 rings (SSSR count). The van der Waals surface area contributed by atoms with Crippen LogP contribution in [0.4, 0.5) is 0 Å². The number of Topliss-reactive ketones (excluding diaryl/α,β-unsaturated/α-hetero) is 2. The van der Waals surface area contributed by atoms with Crippen LogP contribution in [0.15, 0.2) is 70.8 Å². The lowest BCUT2D eigenvalue weighted by Crippen LogP contribution is -2.58. The largest absolute Gasteiger partial charge is 0.480 e. The van der Waals surface area contributed by atoms with Crippen LogP contribution in [0.3, 0.4) is 0 Å². The molecule has 2 aromatic carbocycles. The number of ketones is 2. The number of nitrogens with one attached hydrogen (secondary N) is 7. The lowest BCUT2D eigenvalue weighted by molar-refractivity contribution is -0.143. The average Bonchev–Trinajstić information content (AvgIpc) is 3.74. The molecule has 23 nitrogen and oxygen atoms in total. The van der Waals surface area contributed by atoms with Gasteiger partial charge in [0.25, 0.3) is 0 Å². The van der Waals surface area contributed by atoms with E-state index in [1.54, 1.807) is 36.5 Å². The zero-order chi connectivity index (χ0) is 52.7. The van der Waals surface area contributed by atoms with Crippen LogP contribution in [-0.2, 0) is 56.0 Å². The summed E-state index contributed by atoms with van der Waals surface area (Å²) in [7, 11) is 0. The second-order valence-corrected chi connectivity index (χ2v) is 17.9. The summed E-state index contributed by atoms with van der Waals surface area (Å²) in [6.45, 7) is 2.80. The third-order valence-electron chi connectivity index (χ3n) is 12.1. The molecule has 23 heteroatoms. The number of amides is 6. The maximum absolute atomic E-state index is 14.6. The summed E-state index contributed by atoms with van der Waals surface area (Å²) in [5.41, 5.74) is 24.1. The van der Waals surface area contributed by atoms with Crippen LogP contribution in [0.2, 0.25) is 0 Å². The van der Waals surface area contributed by atoms with Crippen molar-refractivity contribution in [3.63, 3.8) is 0 Å². The summed E-state index contributed by atoms with van der Waals surface area (Å²) in [5.74, 6) is -9.26. The Kier molecular flexibility index (Phi) is 22.6. The highest BCUT2D eigenvalue weighted by atomic mass is 16.4. The van der Waals surface area contributed by atoms with Gasteiger partial charge in [0, 0.05) is 68.3 Å². The zero-order valence-electron chi connectivity index (χ0n) is 40.7. The van der Waals surface area contributed by atoms with Crippen LogP contribution < -0.4 is 54.8 Å². The number of H-pyrrole nitrogens is 1. The average molecular weight is 1000 g/mol. The Morgan fingerprint density at radius 1 is 0.764 bits per heavy atom. The van der Waals surface area contributed by atoms with Crippen LogP contribution in [-0.4, -0.2) is 125 Å². The highest BCUT2D eigenvalue weighted by Crippen LogP contribution is 2.26. The molecule has 2 heterocycles. The molecule has 16 N–H and O–H groups in total. The second-order valence-electron chi connectivity index (χ2n) is 17.9. The molecule has 390 valence electrons. The van der Waals surface area contributed by atoms with Crippen molar-refractivity contribution in [1.82, 2.24) is 36.9 Å². The Balaban J connectivity index is 1.71. The lowest BCUT2D eigenvalue weighted by Gasteiger charge is -2.26. The molecule has 0 aliphatic carbocycles. The van der Waals surface area contributed by atoms with Crippen molar-refractivity contribution >= 4 is 75.8 Å². The number of hydrogen-bond donors (Lipinski definition) is 12. The summed E-state index contributed by atoms with van der Waals surface area (Å²) >= 11 is 0. The zero-order valence-corrected chi connectivity index (χ0v) is 40.7. The number of guanidine groups is 2. The van der Waals surface area contributed by atoms with Gasteiger partial charge < -0.3 is 64.9 Å². The standard InChI is InChI=1S/C49H69N13O10/c1-28-43(67)61-38(22-30-12-4-3-5-13-30)41(65)24-31(14-10-20-55-48(50)51)40(64)25-32(23-33-27-57-35-16-7-6-15-34(33)35)44(68)60-37(47(71)72)17-8-9-19-54-42(66)26-39(46(70)58-28)62-45(69)36(59-29(2)63)18-11-21-56-49(52)53/h3-7,12-13,15-16,27-28,31-32,36-39,57H,8-11,14,17-26H2,1-2H3,(H,54,66)(H,58,70)(H,59,63)(H,60,68)(H,61,67)(H,62,69)(H,71,72)(H4,50,51,55)(H4,52,53,56)/t28-,31+,32+,36-,37-,38+,39-/m0/s1. The van der Waals surface area contributed by atoms with Crippen molar-refractivity contribution in [3.05, 3.63) is 71.9 Å². The van der Waals surface area contributed by atoms with Crippen molar-refractivity contribution in [3.8, 4) is 0 Å². The predicted octanol–water partition coefficient (Wildman–Crippen LogP) is -0.550. The summed E-state index contributed by atoms with van der Waals surface area (Å²) < 4.78 is 0. The van der Waals surface area contributed by atoms with Gasteiger partial charge >= 0.3 is 5.97 Å². The Labute approximate surface area is 417 Å². The number of carbonyl (C=O) groups is 9. The number of aliphatic imine (C=N–C) groups is 2. The van der Waals surface area contributed by atoms with Gasteiger partial charge in [-0.05, 0) is 81.9 Å². The van der Waals surface area contributed by atoms with Gasteiger partial charge in [-0.3, -0.25) is 48.3 Å². The molecule has 0 spiro atoms. The fourth-order valence-corrected chi connectivity index (χ4v) is 8.32. The number of nitrogens with two attached hydrogens (primary N) is 4. The van der Waals surface area contributed by atoms with E-state index < -0.39 is 101 Å². The van der Waals surface area contributed by atoms with Gasteiger partial charge in [0.05, 0.1) is 12.5 Å². The number of para-hydroxylation sites is 1. The van der Waals surface area contributed by atoms with Gasteiger partial charge in [0.2, 0.25) is 35.4 Å². The first kappa shape index (κ1) is 56.7. The van der Waals surface area contributed by atoms with Gasteiger partial charge in [-0.1, -0.05) is 48.5 Å². The van der Waals surface area contributed by atoms with Crippen molar-refractivity contribution in [1.29, 1.82) is 0 Å². The van der Waals surface area contributed by atoms with E-state index in [-0.39, 0.29) is 102 Å². The van der Waals surface area contributed by atoms with Gasteiger partial charge in [-0.25, -0.2) is 4.79 Å². The smallest absolute Gasteiger partial charge is 0.326 e. The second kappa shape index (κ2) is 28.7. The summed E-state index contributed by atoms with van der Waals surface area (Å²) in [4.78, 5) is 134. The van der Waals surface area contributed by atoms with Crippen molar-refractivity contribution in [2.75, 3.05) is 19.6 Å². The Hall–Kier alpha value is -7.85. The topological polar surface area (TPSA) is 391 Å². The highest BCUT2D eigenvalue weighted by Gasteiger charge is 2.35. The minimum Gasteiger partial charge on any atom is -0.480 e. The molecular weight excluding hydrogens is 931 g/mol. The molecule has 0 unspecified atom stereocenters. The first-order chi connectivity index (χ1) is 34.3. The van der Waals surface area contributed by atoms with Gasteiger partial charge in [0.15, 0.2) is 17.7 Å². The van der Waals surface area contributed by atoms with Crippen LogP contribution >= 0.6 is 0 Å². The van der Waals surface area contributed by atoms with Crippen LogP contribution in [0.1, 0.15) is 89.2 Å². The van der Waals surface area contributed by atoms with E-state index in [1.807, 2.05) is 24.3 Å². The van der Waals surface area contributed by atoms with Gasteiger partial charge in [-0.2, -0.15) is 0 Å². The number of rotatable bonds is 16. The number of aliphatic carboxylic acids is 1. The molecule has 1 fully saturated rings. The summed E-state index contributed by atoms with van der Waals surface area (Å²) in [6.07, 6.45) is 1.43. The number of nitrogens with zero attached hydrogens (tertiary/aromatic N) is 2. The van der Waals surface area contributed by atoms with E-state index in [0.29, 0.717) is 11.1 Å². The first-order valence-electron chi connectivity index (χ1n) is 24.0. The van der Waals surface area contributed by atoms with Crippen molar-refractivity contribution in [2.24, 2.45) is 44.8 Å². The maximum Gasteiger partial charge on any atom is 0.326 e. The van der Waals surface area contributed by atoms with E-state index in [4.69, 9.17) is 22.9 Å². The molecule has 6 amide bonds. The molecule has 0 radical (unpaired) electrons. The van der Waals surface area contributed by atoms with Crippen molar-refractivity contribution in [2.45, 2.75) is 121 Å². The van der Waals surface area contributed by atoms with Crippen molar-refractivity contribution < 1.29 is 48.3 Å². The molecular formula is C49H69N13O10. The molecule has 1 aliphatic rings. The number of carbonyl (C=O) groups excluding carboxylic acids is 8. The third kappa shape index (κ3) is 19.2. The number of benzene rings is 2. The number of fused-ring (bicyclic) bond motifs is 1. The monoisotopic (exact) mass is 1000 g/mol. The number of carboxylic acids is 1. The third-order valence-corrected chi connectivity index (χ3v) is 12.1. The minimum atomic E-state index is -1.58. The molecule has 7 atom stereocenters. The predicted molar refractivity (Wildman–Crippen MR) is 268 cm³/mol. The summed E-state index contributed by atoms with van der Waals surface area (Å²) in [5, 5.41) is 26.6. The molecule has 1 aromatic heterocycles. The lowest BCUT2D eigenvalue weighted by atomic mass is 9.83. The van der Waals surface area contributed by atoms with E-state index in [9.17, 15) is 48.3 Å². The van der Waals surface area contributed by atoms with Crippen LogP contribution in [0.5, 0.6) is 0 Å².